The van der Waals surface area contributed by atoms with Crippen LogP contribution in [0.5, 0.6) is 11.6 Å². The zero-order valence-electron chi connectivity index (χ0n) is 18.8. The van der Waals surface area contributed by atoms with Gasteiger partial charge in [0.05, 0.1) is 0 Å². The number of pyridine rings is 1. The van der Waals surface area contributed by atoms with E-state index in [-0.39, 0.29) is 35.7 Å². The van der Waals surface area contributed by atoms with Crippen molar-refractivity contribution in [3.8, 4) is 11.6 Å². The van der Waals surface area contributed by atoms with Gasteiger partial charge in [-0.05, 0) is 60.0 Å². The number of anilines is 1. The molecule has 1 aliphatic rings. The van der Waals surface area contributed by atoms with Crippen molar-refractivity contribution in [3.05, 3.63) is 83.8 Å². The van der Waals surface area contributed by atoms with Crippen LogP contribution < -0.4 is 20.3 Å². The average Bonchev–Trinajstić information content (AvgIpc) is 3.27. The fourth-order valence-corrected chi connectivity index (χ4v) is 3.55. The van der Waals surface area contributed by atoms with Gasteiger partial charge in [-0.2, -0.15) is 0 Å². The Balaban J connectivity index is 0.00000324. The van der Waals surface area contributed by atoms with Gasteiger partial charge in [0.2, 0.25) is 11.8 Å². The van der Waals surface area contributed by atoms with E-state index in [1.54, 1.807) is 25.4 Å². The maximum atomic E-state index is 13.1. The summed E-state index contributed by atoms with van der Waals surface area (Å²) in [5.41, 5.74) is 3.00. The van der Waals surface area contributed by atoms with Gasteiger partial charge < -0.3 is 20.3 Å². The summed E-state index contributed by atoms with van der Waals surface area (Å²) < 4.78 is 18.7. The predicted molar refractivity (Wildman–Crippen MR) is 141 cm³/mol. The molecule has 0 saturated carbocycles. The highest BCUT2D eigenvalue weighted by atomic mass is 127. The number of nitrogens with one attached hydrogen (secondary N) is 2. The van der Waals surface area contributed by atoms with Crippen molar-refractivity contribution in [2.24, 2.45) is 4.99 Å². The molecule has 178 valence electrons. The highest BCUT2D eigenvalue weighted by Gasteiger charge is 2.21. The lowest BCUT2D eigenvalue weighted by molar-refractivity contribution is -0.117. The van der Waals surface area contributed by atoms with Gasteiger partial charge in [0.15, 0.2) is 5.96 Å². The molecular formula is C25H27FIN5O2. The van der Waals surface area contributed by atoms with Gasteiger partial charge in [0.25, 0.3) is 0 Å². The van der Waals surface area contributed by atoms with Crippen LogP contribution in [-0.2, 0) is 17.9 Å². The van der Waals surface area contributed by atoms with E-state index < -0.39 is 0 Å². The molecule has 1 fully saturated rings. The van der Waals surface area contributed by atoms with E-state index in [1.165, 1.54) is 12.1 Å². The molecule has 9 heteroatoms. The summed E-state index contributed by atoms with van der Waals surface area (Å²) in [7, 11) is 1.72. The second-order valence-corrected chi connectivity index (χ2v) is 7.65. The molecule has 1 saturated heterocycles. The molecule has 0 aliphatic carbocycles. The maximum Gasteiger partial charge on any atom is 0.227 e. The van der Waals surface area contributed by atoms with E-state index in [1.807, 2.05) is 41.3 Å². The molecule has 0 spiro atoms. The fourth-order valence-electron chi connectivity index (χ4n) is 3.55. The Morgan fingerprint density at radius 2 is 1.76 bits per heavy atom. The number of carbonyl (C=O) groups excluding carboxylic acids is 1. The van der Waals surface area contributed by atoms with Crippen LogP contribution in [0, 0.1) is 5.82 Å². The van der Waals surface area contributed by atoms with E-state index in [9.17, 15) is 9.18 Å². The Morgan fingerprint density at radius 3 is 2.41 bits per heavy atom. The van der Waals surface area contributed by atoms with E-state index in [0.717, 1.165) is 29.8 Å². The van der Waals surface area contributed by atoms with Crippen LogP contribution in [0.4, 0.5) is 10.1 Å². The van der Waals surface area contributed by atoms with Gasteiger partial charge in [-0.3, -0.25) is 9.79 Å². The first-order valence-corrected chi connectivity index (χ1v) is 10.8. The summed E-state index contributed by atoms with van der Waals surface area (Å²) in [4.78, 5) is 22.2. The molecule has 34 heavy (non-hydrogen) atoms. The van der Waals surface area contributed by atoms with Gasteiger partial charge in [-0.25, -0.2) is 9.37 Å². The van der Waals surface area contributed by atoms with Crippen LogP contribution in [0.2, 0.25) is 0 Å². The van der Waals surface area contributed by atoms with E-state index in [4.69, 9.17) is 4.74 Å². The number of carbonyl (C=O) groups is 1. The van der Waals surface area contributed by atoms with Crippen molar-refractivity contribution < 1.29 is 13.9 Å². The number of amides is 1. The lowest BCUT2D eigenvalue weighted by Crippen LogP contribution is -2.36. The van der Waals surface area contributed by atoms with E-state index in [2.05, 4.69) is 20.6 Å². The number of halogens is 2. The summed E-state index contributed by atoms with van der Waals surface area (Å²) >= 11 is 0. The third-order valence-corrected chi connectivity index (χ3v) is 5.30. The van der Waals surface area contributed by atoms with Gasteiger partial charge in [0.1, 0.15) is 11.6 Å². The molecule has 0 atom stereocenters. The van der Waals surface area contributed by atoms with Crippen LogP contribution in [-0.4, -0.2) is 30.4 Å². The molecule has 1 aliphatic heterocycles. The molecule has 7 nitrogen and oxygen atoms in total. The molecule has 0 radical (unpaired) electrons. The summed E-state index contributed by atoms with van der Waals surface area (Å²) in [5, 5.41) is 6.56. The number of benzene rings is 2. The Hall–Kier alpha value is -3.21. The topological polar surface area (TPSA) is 78.9 Å². The Kier molecular flexibility index (Phi) is 9.20. The van der Waals surface area contributed by atoms with Crippen molar-refractivity contribution in [2.75, 3.05) is 18.5 Å². The minimum Gasteiger partial charge on any atom is -0.439 e. The van der Waals surface area contributed by atoms with Crippen LogP contribution in [0.25, 0.3) is 0 Å². The standard InChI is InChI=1S/C25H26FN5O2.HI/c1-27-25(29-16-18-4-8-21(9-5-18)31-14-2-3-24(31)32)30-17-19-12-13-28-23(15-19)33-22-10-6-20(26)7-11-22;/h4-13,15H,2-3,14,16-17H2,1H3,(H2,27,29,30);1H. The van der Waals surface area contributed by atoms with Crippen LogP contribution in [0.1, 0.15) is 24.0 Å². The van der Waals surface area contributed by atoms with E-state index in [0.29, 0.717) is 37.1 Å². The van der Waals surface area contributed by atoms with Gasteiger partial charge >= 0.3 is 0 Å². The van der Waals surface area contributed by atoms with Crippen molar-refractivity contribution in [1.29, 1.82) is 0 Å². The highest BCUT2D eigenvalue weighted by Crippen LogP contribution is 2.22. The maximum absolute atomic E-state index is 13.1. The van der Waals surface area contributed by atoms with E-state index >= 15 is 0 Å². The molecule has 4 rings (SSSR count). The monoisotopic (exact) mass is 575 g/mol. The van der Waals surface area contributed by atoms with Crippen LogP contribution in [0.15, 0.2) is 71.9 Å². The van der Waals surface area contributed by atoms with Gasteiger partial charge in [-0.15, -0.1) is 24.0 Å². The van der Waals surface area contributed by atoms with Crippen molar-refractivity contribution in [2.45, 2.75) is 25.9 Å². The first-order valence-electron chi connectivity index (χ1n) is 10.8. The second kappa shape index (κ2) is 12.3. The quantitative estimate of drug-likeness (QED) is 0.244. The molecule has 3 aromatic rings. The second-order valence-electron chi connectivity index (χ2n) is 7.65. The predicted octanol–water partition coefficient (Wildman–Crippen LogP) is 4.62. The molecule has 2 heterocycles. The molecule has 2 N–H and O–H groups in total. The number of rotatable bonds is 7. The number of aromatic nitrogens is 1. The number of hydrogen-bond acceptors (Lipinski definition) is 4. The lowest BCUT2D eigenvalue weighted by atomic mass is 10.2. The minimum atomic E-state index is -0.315. The number of hydrogen-bond donors (Lipinski definition) is 2. The Morgan fingerprint density at radius 1 is 1.06 bits per heavy atom. The lowest BCUT2D eigenvalue weighted by Gasteiger charge is -2.16. The van der Waals surface area contributed by atoms with Gasteiger partial charge in [0, 0.05) is 51.1 Å². The van der Waals surface area contributed by atoms with Crippen LogP contribution in [0.3, 0.4) is 0 Å². The number of ether oxygens (including phenoxy) is 1. The fraction of sp³-hybridized carbons (Fsp3) is 0.240. The first kappa shape index (κ1) is 25.4. The minimum absolute atomic E-state index is 0. The van der Waals surface area contributed by atoms with Crippen LogP contribution >= 0.6 is 24.0 Å². The third kappa shape index (κ3) is 6.89. The smallest absolute Gasteiger partial charge is 0.227 e. The van der Waals surface area contributed by atoms with Crippen molar-refractivity contribution in [1.82, 2.24) is 15.6 Å². The third-order valence-electron chi connectivity index (χ3n) is 5.30. The normalized spacial score (nSPS) is 13.4. The Labute approximate surface area is 215 Å². The van der Waals surface area contributed by atoms with Gasteiger partial charge in [-0.1, -0.05) is 12.1 Å². The Bertz CT molecular complexity index is 1120. The van der Waals surface area contributed by atoms with Crippen molar-refractivity contribution >= 4 is 41.5 Å². The molecule has 2 aromatic carbocycles. The number of aliphatic imine (C=N–C) groups is 1. The molecule has 1 aromatic heterocycles. The number of nitrogens with zero attached hydrogens (tertiary/aromatic N) is 3. The highest BCUT2D eigenvalue weighted by molar-refractivity contribution is 14.0. The zero-order chi connectivity index (χ0) is 23.0. The molecule has 1 amide bonds. The largest absolute Gasteiger partial charge is 0.439 e. The molecule has 0 unspecified atom stereocenters. The summed E-state index contributed by atoms with van der Waals surface area (Å²) in [6.07, 6.45) is 3.21. The number of guanidine groups is 1. The SMILES string of the molecule is CN=C(NCc1ccc(N2CCCC2=O)cc1)NCc1ccnc(Oc2ccc(F)cc2)c1.I. The summed E-state index contributed by atoms with van der Waals surface area (Å²) in [5.74, 6) is 1.48. The first-order chi connectivity index (χ1) is 16.1. The summed E-state index contributed by atoms with van der Waals surface area (Å²) in [6.45, 7) is 1.92. The summed E-state index contributed by atoms with van der Waals surface area (Å²) in [6, 6.07) is 17.5. The average molecular weight is 575 g/mol. The zero-order valence-corrected chi connectivity index (χ0v) is 21.2. The molecular weight excluding hydrogens is 548 g/mol. The van der Waals surface area contributed by atoms with Crippen molar-refractivity contribution in [3.63, 3.8) is 0 Å². The molecule has 0 bridgehead atoms.